The van der Waals surface area contributed by atoms with Gasteiger partial charge in [0.1, 0.15) is 6.10 Å². The third kappa shape index (κ3) is 4.31. The first-order valence-corrected chi connectivity index (χ1v) is 8.29. The highest BCUT2D eigenvalue weighted by Gasteiger charge is 2.45. The van der Waals surface area contributed by atoms with Crippen LogP contribution in [-0.2, 0) is 14.2 Å². The van der Waals surface area contributed by atoms with Crippen LogP contribution in [0.25, 0.3) is 0 Å². The Hall–Kier alpha value is -1.43. The molecule has 1 saturated heterocycles. The van der Waals surface area contributed by atoms with Crippen LogP contribution in [0.2, 0.25) is 0 Å². The van der Waals surface area contributed by atoms with Gasteiger partial charge in [-0.05, 0) is 25.0 Å². The molecule has 1 N–H and O–H groups in total. The van der Waals surface area contributed by atoms with Crippen molar-refractivity contribution < 1.29 is 24.1 Å². The smallest absolute Gasteiger partial charge is 0.338 e. The first-order valence-electron chi connectivity index (χ1n) is 8.29. The van der Waals surface area contributed by atoms with E-state index in [1.165, 1.54) is 0 Å². The zero-order valence-electron chi connectivity index (χ0n) is 14.0. The van der Waals surface area contributed by atoms with Gasteiger partial charge in [0.25, 0.3) is 0 Å². The summed E-state index contributed by atoms with van der Waals surface area (Å²) in [4.78, 5) is 12.3. The van der Waals surface area contributed by atoms with Crippen molar-refractivity contribution in [3.8, 4) is 0 Å². The van der Waals surface area contributed by atoms with Gasteiger partial charge in [0.15, 0.2) is 12.4 Å². The minimum absolute atomic E-state index is 0.112. The van der Waals surface area contributed by atoms with E-state index < -0.39 is 24.5 Å². The highest BCUT2D eigenvalue weighted by atomic mass is 16.7. The number of ether oxygens (including phenoxy) is 3. The third-order valence-electron chi connectivity index (χ3n) is 4.18. The lowest BCUT2D eigenvalue weighted by Crippen LogP contribution is -2.56. The highest BCUT2D eigenvalue weighted by Crippen LogP contribution is 2.30. The summed E-state index contributed by atoms with van der Waals surface area (Å²) < 4.78 is 17.1. The lowest BCUT2D eigenvalue weighted by molar-refractivity contribution is -0.282. The molecule has 0 saturated carbocycles. The molecule has 1 aliphatic rings. The van der Waals surface area contributed by atoms with Crippen LogP contribution in [-0.4, -0.2) is 42.3 Å². The van der Waals surface area contributed by atoms with Crippen molar-refractivity contribution >= 4 is 5.97 Å². The van der Waals surface area contributed by atoms with Crippen LogP contribution in [0.3, 0.4) is 0 Å². The van der Waals surface area contributed by atoms with Crippen molar-refractivity contribution in [3.63, 3.8) is 0 Å². The number of rotatable bonds is 6. The standard InChI is InChI=1S/C18H26O5/c1-4-11-21-18-16(15(19)12(3)14(5-2)22-18)23-17(20)13-9-7-6-8-10-13/h6-10,12,14-16,18-19H,4-5,11H2,1-3H3/t12-,14?,15+,16?,18+/m1/s1. The SMILES string of the molecule is CCCO[C@H]1OC(CC)[C@@H](C)[C@H](O)C1OC(=O)c1ccccc1. The van der Waals surface area contributed by atoms with Crippen molar-refractivity contribution in [1.82, 2.24) is 0 Å². The van der Waals surface area contributed by atoms with Gasteiger partial charge in [0.2, 0.25) is 0 Å². The predicted octanol–water partition coefficient (Wildman–Crippen LogP) is 2.77. The number of hydrogen-bond donors (Lipinski definition) is 1. The predicted molar refractivity (Wildman–Crippen MR) is 86.0 cm³/mol. The van der Waals surface area contributed by atoms with Crippen LogP contribution in [0.1, 0.15) is 44.0 Å². The Balaban J connectivity index is 2.12. The highest BCUT2D eigenvalue weighted by molar-refractivity contribution is 5.89. The number of aliphatic hydroxyl groups excluding tert-OH is 1. The van der Waals surface area contributed by atoms with Gasteiger partial charge in [0, 0.05) is 12.5 Å². The third-order valence-corrected chi connectivity index (χ3v) is 4.18. The number of carbonyl (C=O) groups excluding carboxylic acids is 1. The van der Waals surface area contributed by atoms with Crippen molar-refractivity contribution in [2.75, 3.05) is 6.61 Å². The van der Waals surface area contributed by atoms with Crippen LogP contribution in [0.5, 0.6) is 0 Å². The molecule has 0 aromatic heterocycles. The number of benzene rings is 1. The molecule has 0 spiro atoms. The van der Waals surface area contributed by atoms with Gasteiger partial charge >= 0.3 is 5.97 Å². The normalized spacial score (nSPS) is 30.9. The fourth-order valence-electron chi connectivity index (χ4n) is 2.78. The molecule has 1 aromatic carbocycles. The molecule has 2 unspecified atom stereocenters. The molecular formula is C18H26O5. The molecule has 5 atom stereocenters. The number of aliphatic hydroxyl groups is 1. The first-order chi connectivity index (χ1) is 11.1. The largest absolute Gasteiger partial charge is 0.451 e. The Morgan fingerprint density at radius 1 is 1.26 bits per heavy atom. The Kier molecular flexibility index (Phi) is 6.57. The average molecular weight is 322 g/mol. The van der Waals surface area contributed by atoms with Gasteiger partial charge < -0.3 is 19.3 Å². The second-order valence-electron chi connectivity index (χ2n) is 5.91. The second kappa shape index (κ2) is 8.43. The lowest BCUT2D eigenvalue weighted by atomic mass is 9.89. The Morgan fingerprint density at radius 2 is 1.96 bits per heavy atom. The fourth-order valence-corrected chi connectivity index (χ4v) is 2.78. The van der Waals surface area contributed by atoms with Gasteiger partial charge in [-0.2, -0.15) is 0 Å². The van der Waals surface area contributed by atoms with E-state index >= 15 is 0 Å². The summed E-state index contributed by atoms with van der Waals surface area (Å²) >= 11 is 0. The number of carbonyl (C=O) groups is 1. The maximum absolute atomic E-state index is 12.3. The molecule has 1 fully saturated rings. The van der Waals surface area contributed by atoms with E-state index in [1.807, 2.05) is 26.8 Å². The summed E-state index contributed by atoms with van der Waals surface area (Å²) in [5, 5.41) is 10.6. The molecule has 0 radical (unpaired) electrons. The van der Waals surface area contributed by atoms with E-state index in [-0.39, 0.29) is 12.0 Å². The Morgan fingerprint density at radius 3 is 2.57 bits per heavy atom. The molecule has 0 amide bonds. The van der Waals surface area contributed by atoms with Crippen LogP contribution < -0.4 is 0 Å². The number of esters is 1. The molecule has 1 heterocycles. The lowest BCUT2D eigenvalue weighted by Gasteiger charge is -2.42. The first kappa shape index (κ1) is 17.9. The number of hydrogen-bond acceptors (Lipinski definition) is 5. The van der Waals surface area contributed by atoms with Crippen LogP contribution in [0.15, 0.2) is 30.3 Å². The molecule has 23 heavy (non-hydrogen) atoms. The molecule has 5 nitrogen and oxygen atoms in total. The van der Waals surface area contributed by atoms with E-state index in [1.54, 1.807) is 24.3 Å². The molecular weight excluding hydrogens is 296 g/mol. The molecule has 5 heteroatoms. The van der Waals surface area contributed by atoms with Crippen molar-refractivity contribution in [2.45, 2.75) is 58.2 Å². The van der Waals surface area contributed by atoms with E-state index in [0.29, 0.717) is 12.2 Å². The summed E-state index contributed by atoms with van der Waals surface area (Å²) in [7, 11) is 0. The van der Waals surface area contributed by atoms with Gasteiger partial charge in [-0.3, -0.25) is 0 Å². The van der Waals surface area contributed by atoms with E-state index in [4.69, 9.17) is 14.2 Å². The van der Waals surface area contributed by atoms with Gasteiger partial charge in [-0.15, -0.1) is 0 Å². The van der Waals surface area contributed by atoms with Crippen molar-refractivity contribution in [3.05, 3.63) is 35.9 Å². The average Bonchev–Trinajstić information content (AvgIpc) is 2.59. The fraction of sp³-hybridized carbons (Fsp3) is 0.611. The zero-order valence-corrected chi connectivity index (χ0v) is 14.0. The van der Waals surface area contributed by atoms with Crippen LogP contribution in [0, 0.1) is 5.92 Å². The van der Waals surface area contributed by atoms with Crippen LogP contribution in [0.4, 0.5) is 0 Å². The summed E-state index contributed by atoms with van der Waals surface area (Å²) in [6.07, 6.45) is -0.904. The zero-order chi connectivity index (χ0) is 16.8. The van der Waals surface area contributed by atoms with Gasteiger partial charge in [-0.25, -0.2) is 4.79 Å². The summed E-state index contributed by atoms with van der Waals surface area (Å²) in [5.41, 5.74) is 0.444. The monoisotopic (exact) mass is 322 g/mol. The minimum Gasteiger partial charge on any atom is -0.451 e. The Labute approximate surface area is 137 Å². The topological polar surface area (TPSA) is 65.0 Å². The van der Waals surface area contributed by atoms with Crippen LogP contribution >= 0.6 is 0 Å². The maximum atomic E-state index is 12.3. The molecule has 0 aliphatic carbocycles. The quantitative estimate of drug-likeness (QED) is 0.816. The van der Waals surface area contributed by atoms with Crippen molar-refractivity contribution in [2.24, 2.45) is 5.92 Å². The van der Waals surface area contributed by atoms with Crippen molar-refractivity contribution in [1.29, 1.82) is 0 Å². The summed E-state index contributed by atoms with van der Waals surface area (Å²) in [6.45, 7) is 6.38. The van der Waals surface area contributed by atoms with Gasteiger partial charge in [-0.1, -0.05) is 39.0 Å². The summed E-state index contributed by atoms with van der Waals surface area (Å²) in [6, 6.07) is 8.73. The maximum Gasteiger partial charge on any atom is 0.338 e. The summed E-state index contributed by atoms with van der Waals surface area (Å²) in [5.74, 6) is -0.611. The Bertz CT molecular complexity index is 489. The van der Waals surface area contributed by atoms with E-state index in [2.05, 4.69) is 0 Å². The molecule has 1 aromatic rings. The second-order valence-corrected chi connectivity index (χ2v) is 5.91. The molecule has 0 bridgehead atoms. The minimum atomic E-state index is -0.827. The molecule has 128 valence electrons. The van der Waals surface area contributed by atoms with Gasteiger partial charge in [0.05, 0.1) is 11.7 Å². The molecule has 2 rings (SSSR count). The van der Waals surface area contributed by atoms with E-state index in [0.717, 1.165) is 12.8 Å². The molecule has 1 aliphatic heterocycles. The van der Waals surface area contributed by atoms with E-state index in [9.17, 15) is 9.90 Å².